The quantitative estimate of drug-likeness (QED) is 0.596. The molecule has 2 N–H and O–H groups in total. The molecule has 1 aromatic rings. The van der Waals surface area contributed by atoms with Gasteiger partial charge in [0.1, 0.15) is 0 Å². The first-order chi connectivity index (χ1) is 13.0. The number of nitrogens with one attached hydrogen (secondary N) is 2. The van der Waals surface area contributed by atoms with E-state index >= 15 is 0 Å². The monoisotopic (exact) mass is 387 g/mol. The number of hydrazone groups is 1. The molecule has 6 heteroatoms. The van der Waals surface area contributed by atoms with Gasteiger partial charge in [0.05, 0.1) is 6.42 Å². The minimum Gasteiger partial charge on any atom is -0.352 e. The predicted octanol–water partition coefficient (Wildman–Crippen LogP) is 3.78. The molecule has 0 spiro atoms. The molecule has 5 nitrogen and oxygen atoms in total. The Balaban J connectivity index is 1.29. The predicted molar refractivity (Wildman–Crippen MR) is 106 cm³/mol. The van der Waals surface area contributed by atoms with Crippen molar-refractivity contribution in [3.8, 4) is 0 Å². The molecule has 4 fully saturated rings. The van der Waals surface area contributed by atoms with Gasteiger partial charge in [0, 0.05) is 22.3 Å². The molecule has 1 aromatic carbocycles. The van der Waals surface area contributed by atoms with Crippen LogP contribution in [0.4, 0.5) is 0 Å². The Hall–Kier alpha value is -1.88. The molecular weight excluding hydrogens is 362 g/mol. The summed E-state index contributed by atoms with van der Waals surface area (Å²) in [7, 11) is 0. The number of amides is 2. The Morgan fingerprint density at radius 3 is 2.41 bits per heavy atom. The third-order valence-electron chi connectivity index (χ3n) is 6.41. The van der Waals surface area contributed by atoms with E-state index in [-0.39, 0.29) is 18.2 Å². The van der Waals surface area contributed by atoms with Gasteiger partial charge in [0.15, 0.2) is 0 Å². The number of carbonyl (C=O) groups excluding carboxylic acids is 2. The van der Waals surface area contributed by atoms with Crippen LogP contribution >= 0.6 is 11.6 Å². The zero-order chi connectivity index (χ0) is 19.0. The summed E-state index contributed by atoms with van der Waals surface area (Å²) in [5.41, 5.74) is 3.53. The van der Waals surface area contributed by atoms with Gasteiger partial charge in [-0.05, 0) is 80.9 Å². The van der Waals surface area contributed by atoms with E-state index in [1.54, 1.807) is 31.2 Å². The maximum Gasteiger partial charge on any atom is 0.271 e. The summed E-state index contributed by atoms with van der Waals surface area (Å²) in [4.78, 5) is 24.6. The number of carbonyl (C=O) groups is 2. The molecule has 5 rings (SSSR count). The first-order valence-corrected chi connectivity index (χ1v) is 10.2. The second-order valence-corrected chi connectivity index (χ2v) is 8.94. The van der Waals surface area contributed by atoms with Gasteiger partial charge in [-0.15, -0.1) is 0 Å². The first kappa shape index (κ1) is 18.5. The lowest BCUT2D eigenvalue weighted by atomic mass is 9.54. The zero-order valence-electron chi connectivity index (χ0n) is 15.6. The fraction of sp³-hybridized carbons (Fsp3) is 0.571. The number of hydrogen-bond acceptors (Lipinski definition) is 3. The minimum absolute atomic E-state index is 0.00530. The minimum atomic E-state index is -0.335. The Morgan fingerprint density at radius 2 is 1.78 bits per heavy atom. The zero-order valence-corrected chi connectivity index (χ0v) is 16.3. The van der Waals surface area contributed by atoms with Crippen LogP contribution in [0.3, 0.4) is 0 Å². The largest absolute Gasteiger partial charge is 0.352 e. The van der Waals surface area contributed by atoms with Crippen LogP contribution in [0.15, 0.2) is 29.4 Å². The highest BCUT2D eigenvalue weighted by atomic mass is 35.5. The van der Waals surface area contributed by atoms with E-state index in [2.05, 4.69) is 15.8 Å². The highest BCUT2D eigenvalue weighted by Crippen LogP contribution is 2.53. The summed E-state index contributed by atoms with van der Waals surface area (Å²) in [6.07, 6.45) is 6.73. The highest BCUT2D eigenvalue weighted by molar-refractivity contribution is 6.30. The molecule has 4 aliphatic rings. The average molecular weight is 388 g/mol. The summed E-state index contributed by atoms with van der Waals surface area (Å²) in [6.45, 7) is 1.76. The van der Waals surface area contributed by atoms with Crippen molar-refractivity contribution in [1.82, 2.24) is 10.7 Å². The Labute approximate surface area is 164 Å². The molecule has 4 saturated carbocycles. The third kappa shape index (κ3) is 4.18. The Kier molecular flexibility index (Phi) is 5.22. The highest BCUT2D eigenvalue weighted by Gasteiger charge is 2.48. The topological polar surface area (TPSA) is 70.6 Å². The number of rotatable bonds is 5. The molecule has 0 unspecified atom stereocenters. The van der Waals surface area contributed by atoms with E-state index in [0.29, 0.717) is 34.2 Å². The van der Waals surface area contributed by atoms with E-state index in [1.165, 1.54) is 32.1 Å². The molecule has 2 amide bonds. The van der Waals surface area contributed by atoms with Crippen LogP contribution in [-0.2, 0) is 4.79 Å². The van der Waals surface area contributed by atoms with Crippen LogP contribution < -0.4 is 10.7 Å². The van der Waals surface area contributed by atoms with Gasteiger partial charge in [-0.3, -0.25) is 9.59 Å². The number of benzene rings is 1. The number of hydrogen-bond donors (Lipinski definition) is 2. The van der Waals surface area contributed by atoms with Gasteiger partial charge in [-0.2, -0.15) is 5.10 Å². The lowest BCUT2D eigenvalue weighted by Gasteiger charge is -2.54. The summed E-state index contributed by atoms with van der Waals surface area (Å²) >= 11 is 5.90. The van der Waals surface area contributed by atoms with E-state index in [9.17, 15) is 9.59 Å². The first-order valence-electron chi connectivity index (χ1n) is 9.86. The van der Waals surface area contributed by atoms with Crippen molar-refractivity contribution in [2.45, 2.75) is 51.5 Å². The van der Waals surface area contributed by atoms with Gasteiger partial charge in [-0.25, -0.2) is 5.43 Å². The molecule has 0 aliphatic heterocycles. The van der Waals surface area contributed by atoms with Crippen molar-refractivity contribution in [1.29, 1.82) is 0 Å². The van der Waals surface area contributed by atoms with Crippen LogP contribution in [0.2, 0.25) is 5.02 Å². The Morgan fingerprint density at radius 1 is 1.11 bits per heavy atom. The van der Waals surface area contributed by atoms with Crippen LogP contribution in [-0.4, -0.2) is 23.6 Å². The van der Waals surface area contributed by atoms with Gasteiger partial charge in [0.2, 0.25) is 5.91 Å². The van der Waals surface area contributed by atoms with Gasteiger partial charge >= 0.3 is 0 Å². The van der Waals surface area contributed by atoms with Gasteiger partial charge in [-0.1, -0.05) is 17.7 Å². The number of nitrogens with zero attached hydrogens (tertiary/aromatic N) is 1. The maximum atomic E-state index is 12.5. The van der Waals surface area contributed by atoms with Crippen molar-refractivity contribution in [2.75, 3.05) is 0 Å². The van der Waals surface area contributed by atoms with E-state index in [0.717, 1.165) is 11.8 Å². The van der Waals surface area contributed by atoms with E-state index in [1.807, 2.05) is 0 Å². The molecular formula is C21H26ClN3O2. The average Bonchev–Trinajstić information content (AvgIpc) is 2.62. The van der Waals surface area contributed by atoms with Crippen molar-refractivity contribution < 1.29 is 9.59 Å². The second-order valence-electron chi connectivity index (χ2n) is 8.50. The lowest BCUT2D eigenvalue weighted by Crippen LogP contribution is -2.56. The van der Waals surface area contributed by atoms with Crippen LogP contribution in [0.25, 0.3) is 0 Å². The van der Waals surface area contributed by atoms with Gasteiger partial charge in [0.25, 0.3) is 5.91 Å². The number of halogens is 1. The smallest absolute Gasteiger partial charge is 0.271 e. The molecule has 144 valence electrons. The molecule has 27 heavy (non-hydrogen) atoms. The molecule has 0 atom stereocenters. The molecule has 4 bridgehead atoms. The van der Waals surface area contributed by atoms with Crippen LogP contribution in [0.5, 0.6) is 0 Å². The van der Waals surface area contributed by atoms with Crippen molar-refractivity contribution in [3.63, 3.8) is 0 Å². The maximum absolute atomic E-state index is 12.5. The van der Waals surface area contributed by atoms with Crippen LogP contribution in [0.1, 0.15) is 55.8 Å². The fourth-order valence-corrected chi connectivity index (χ4v) is 5.70. The van der Waals surface area contributed by atoms with E-state index < -0.39 is 0 Å². The normalized spacial score (nSPS) is 31.6. The van der Waals surface area contributed by atoms with Crippen molar-refractivity contribution in [2.24, 2.45) is 28.8 Å². The van der Waals surface area contributed by atoms with Crippen molar-refractivity contribution >= 4 is 29.1 Å². The third-order valence-corrected chi connectivity index (χ3v) is 6.64. The molecule has 0 radical (unpaired) electrons. The molecule has 4 aliphatic carbocycles. The Bertz CT molecular complexity index is 748. The van der Waals surface area contributed by atoms with Crippen LogP contribution in [0, 0.1) is 23.7 Å². The molecule has 0 heterocycles. The molecule has 0 aromatic heterocycles. The summed E-state index contributed by atoms with van der Waals surface area (Å²) in [5.74, 6) is 2.77. The summed E-state index contributed by atoms with van der Waals surface area (Å²) < 4.78 is 0. The lowest BCUT2D eigenvalue weighted by molar-refractivity contribution is -0.123. The standard InChI is InChI=1S/C21H26ClN3O2/c1-12(24-25-21(27)15-3-2-4-18(22)11-15)5-19(26)23-20-16-7-13-6-14(9-16)10-17(20)8-13/h2-4,11,13-14,16-17,20H,5-10H2,1H3,(H,23,26)(H,25,27). The van der Waals surface area contributed by atoms with Gasteiger partial charge < -0.3 is 5.32 Å². The van der Waals surface area contributed by atoms with E-state index in [4.69, 9.17) is 11.6 Å². The van der Waals surface area contributed by atoms with Crippen molar-refractivity contribution in [3.05, 3.63) is 34.9 Å². The summed E-state index contributed by atoms with van der Waals surface area (Å²) in [5, 5.41) is 7.84. The molecule has 0 saturated heterocycles. The fourth-order valence-electron chi connectivity index (χ4n) is 5.51. The summed E-state index contributed by atoms with van der Waals surface area (Å²) in [6, 6.07) is 7.01. The second kappa shape index (κ2) is 7.63. The SMILES string of the molecule is CC(CC(=O)NC1C2CC3CC(C2)CC1C3)=NNC(=O)c1cccc(Cl)c1.